The molecular weight excluding hydrogens is 254 g/mol. The number of benzene rings is 2. The predicted octanol–water partition coefficient (Wildman–Crippen LogP) is 4.28. The lowest BCUT2D eigenvalue weighted by atomic mass is 9.92. The summed E-state index contributed by atoms with van der Waals surface area (Å²) in [5.41, 5.74) is 13.8. The topological polar surface area (TPSA) is 26.0 Å². The third kappa shape index (κ3) is 2.03. The van der Waals surface area contributed by atoms with Crippen LogP contribution in [-0.4, -0.2) is 0 Å². The molecule has 0 saturated heterocycles. The van der Waals surface area contributed by atoms with Gasteiger partial charge >= 0.3 is 0 Å². The number of aryl methyl sites for hydroxylation is 3. The summed E-state index contributed by atoms with van der Waals surface area (Å²) in [4.78, 5) is 0. The third-order valence-corrected chi connectivity index (χ3v) is 5.72. The molecule has 2 aliphatic carbocycles. The Balaban J connectivity index is 1.63. The van der Waals surface area contributed by atoms with Crippen LogP contribution in [0, 0.1) is 25.7 Å². The Morgan fingerprint density at radius 3 is 2.67 bits per heavy atom. The number of hydrogen-bond donors (Lipinski definition) is 1. The second-order valence-corrected chi connectivity index (χ2v) is 6.87. The van der Waals surface area contributed by atoms with Crippen molar-refractivity contribution in [3.8, 4) is 0 Å². The van der Waals surface area contributed by atoms with Crippen LogP contribution >= 0.6 is 0 Å². The van der Waals surface area contributed by atoms with Crippen molar-refractivity contribution >= 4 is 0 Å². The van der Waals surface area contributed by atoms with Gasteiger partial charge in [-0.15, -0.1) is 0 Å². The van der Waals surface area contributed by atoms with Gasteiger partial charge in [0.2, 0.25) is 0 Å². The maximum Gasteiger partial charge on any atom is 0.0332 e. The Morgan fingerprint density at radius 2 is 1.86 bits per heavy atom. The van der Waals surface area contributed by atoms with Crippen molar-refractivity contribution < 1.29 is 0 Å². The van der Waals surface area contributed by atoms with Gasteiger partial charge in [0.25, 0.3) is 0 Å². The highest BCUT2D eigenvalue weighted by atomic mass is 14.7. The summed E-state index contributed by atoms with van der Waals surface area (Å²) in [5, 5.41) is 0. The van der Waals surface area contributed by atoms with Crippen LogP contribution in [-0.2, 0) is 6.42 Å². The van der Waals surface area contributed by atoms with Crippen LogP contribution in [0.1, 0.15) is 46.2 Å². The number of rotatable bonds is 2. The molecule has 0 bridgehead atoms. The molecule has 4 unspecified atom stereocenters. The molecule has 1 saturated carbocycles. The minimum atomic E-state index is 0.186. The Bertz CT molecular complexity index is 688. The van der Waals surface area contributed by atoms with Crippen LogP contribution in [0.4, 0.5) is 0 Å². The molecule has 0 aliphatic heterocycles. The summed E-state index contributed by atoms with van der Waals surface area (Å²) in [6.07, 6.45) is 2.54. The van der Waals surface area contributed by atoms with Crippen molar-refractivity contribution in [2.75, 3.05) is 0 Å². The lowest BCUT2D eigenvalue weighted by Gasteiger charge is -2.14. The smallest absolute Gasteiger partial charge is 0.0332 e. The maximum absolute atomic E-state index is 6.64. The van der Waals surface area contributed by atoms with Crippen LogP contribution in [0.2, 0.25) is 0 Å². The van der Waals surface area contributed by atoms with Crippen molar-refractivity contribution in [3.05, 3.63) is 70.3 Å². The quantitative estimate of drug-likeness (QED) is 0.871. The molecular formula is C20H23N. The van der Waals surface area contributed by atoms with Gasteiger partial charge in [-0.05, 0) is 72.3 Å². The fraction of sp³-hybridized carbons (Fsp3) is 0.400. The molecule has 2 aliphatic rings. The lowest BCUT2D eigenvalue weighted by molar-refractivity contribution is 0.555. The molecule has 21 heavy (non-hydrogen) atoms. The summed E-state index contributed by atoms with van der Waals surface area (Å²) in [6.45, 7) is 4.35. The van der Waals surface area contributed by atoms with Crippen molar-refractivity contribution in [1.82, 2.24) is 0 Å². The first-order valence-corrected chi connectivity index (χ1v) is 8.07. The first-order valence-electron chi connectivity index (χ1n) is 8.07. The normalized spacial score (nSPS) is 27.7. The van der Waals surface area contributed by atoms with Gasteiger partial charge in [0.15, 0.2) is 0 Å². The fourth-order valence-electron chi connectivity index (χ4n) is 4.30. The number of nitrogens with two attached hydrogens (primary N) is 1. The summed E-state index contributed by atoms with van der Waals surface area (Å²) in [6, 6.07) is 15.9. The molecule has 2 N–H and O–H groups in total. The van der Waals surface area contributed by atoms with Crippen LogP contribution < -0.4 is 5.73 Å². The van der Waals surface area contributed by atoms with E-state index in [1.165, 1.54) is 29.5 Å². The van der Waals surface area contributed by atoms with Crippen molar-refractivity contribution in [2.45, 2.75) is 38.6 Å². The largest absolute Gasteiger partial charge is 0.324 e. The summed E-state index contributed by atoms with van der Waals surface area (Å²) in [5.74, 6) is 2.14. The summed E-state index contributed by atoms with van der Waals surface area (Å²) < 4.78 is 0. The van der Waals surface area contributed by atoms with Gasteiger partial charge in [-0.25, -0.2) is 0 Å². The van der Waals surface area contributed by atoms with E-state index in [4.69, 9.17) is 5.73 Å². The molecule has 2 aromatic carbocycles. The zero-order valence-electron chi connectivity index (χ0n) is 12.8. The van der Waals surface area contributed by atoms with Crippen LogP contribution in [0.3, 0.4) is 0 Å². The fourth-order valence-corrected chi connectivity index (χ4v) is 4.30. The summed E-state index contributed by atoms with van der Waals surface area (Å²) >= 11 is 0. The zero-order valence-corrected chi connectivity index (χ0v) is 12.8. The molecule has 0 radical (unpaired) electrons. The Hall–Kier alpha value is -1.60. The van der Waals surface area contributed by atoms with Crippen molar-refractivity contribution in [1.29, 1.82) is 0 Å². The average molecular weight is 277 g/mol. The Morgan fingerprint density at radius 1 is 1.05 bits per heavy atom. The summed E-state index contributed by atoms with van der Waals surface area (Å²) in [7, 11) is 0. The van der Waals surface area contributed by atoms with E-state index in [2.05, 4.69) is 56.3 Å². The van der Waals surface area contributed by atoms with Gasteiger partial charge in [-0.3, -0.25) is 0 Å². The molecule has 0 heterocycles. The molecule has 1 nitrogen and oxygen atoms in total. The van der Waals surface area contributed by atoms with Crippen LogP contribution in [0.15, 0.2) is 42.5 Å². The highest BCUT2D eigenvalue weighted by molar-refractivity contribution is 5.42. The van der Waals surface area contributed by atoms with E-state index in [1.54, 1.807) is 11.1 Å². The van der Waals surface area contributed by atoms with Crippen molar-refractivity contribution in [3.63, 3.8) is 0 Å². The molecule has 4 atom stereocenters. The van der Waals surface area contributed by atoms with E-state index in [9.17, 15) is 0 Å². The molecule has 108 valence electrons. The van der Waals surface area contributed by atoms with E-state index in [-0.39, 0.29) is 6.04 Å². The minimum Gasteiger partial charge on any atom is -0.324 e. The van der Waals surface area contributed by atoms with Gasteiger partial charge in [0.05, 0.1) is 0 Å². The lowest BCUT2D eigenvalue weighted by Crippen LogP contribution is -2.14. The molecule has 1 heteroatoms. The van der Waals surface area contributed by atoms with E-state index in [1.807, 2.05) is 0 Å². The number of hydrogen-bond acceptors (Lipinski definition) is 1. The predicted molar refractivity (Wildman–Crippen MR) is 87.3 cm³/mol. The van der Waals surface area contributed by atoms with Gasteiger partial charge < -0.3 is 5.73 Å². The van der Waals surface area contributed by atoms with Gasteiger partial charge in [-0.1, -0.05) is 42.5 Å². The van der Waals surface area contributed by atoms with Crippen molar-refractivity contribution in [2.24, 2.45) is 17.6 Å². The molecule has 2 aromatic rings. The second kappa shape index (κ2) is 4.71. The monoisotopic (exact) mass is 277 g/mol. The van der Waals surface area contributed by atoms with Crippen LogP contribution in [0.5, 0.6) is 0 Å². The highest BCUT2D eigenvalue weighted by Gasteiger charge is 2.55. The average Bonchev–Trinajstić information content (AvgIpc) is 3.24. The van der Waals surface area contributed by atoms with Crippen LogP contribution in [0.25, 0.3) is 0 Å². The minimum absolute atomic E-state index is 0.186. The van der Waals surface area contributed by atoms with Gasteiger partial charge in [0.1, 0.15) is 0 Å². The van der Waals surface area contributed by atoms with E-state index in [0.717, 1.165) is 5.92 Å². The Kier molecular flexibility index (Phi) is 2.93. The van der Waals surface area contributed by atoms with E-state index >= 15 is 0 Å². The highest BCUT2D eigenvalue weighted by Crippen LogP contribution is 2.63. The first-order chi connectivity index (χ1) is 10.2. The second-order valence-electron chi connectivity index (χ2n) is 6.87. The molecule has 0 aromatic heterocycles. The van der Waals surface area contributed by atoms with Gasteiger partial charge in [0, 0.05) is 6.04 Å². The third-order valence-electron chi connectivity index (χ3n) is 5.72. The standard InChI is InChI=1S/C20H23N/c1-12-7-8-15(11-13(12)2)20(21)19-17-10-9-14-5-3-4-6-16(14)18(17)19/h3-8,11,17-20H,9-10,21H2,1-2H3. The molecule has 0 spiro atoms. The number of fused-ring (bicyclic) bond motifs is 3. The molecule has 1 fully saturated rings. The van der Waals surface area contributed by atoms with E-state index in [0.29, 0.717) is 11.8 Å². The van der Waals surface area contributed by atoms with Gasteiger partial charge in [-0.2, -0.15) is 0 Å². The Labute approximate surface area is 127 Å². The zero-order chi connectivity index (χ0) is 14.6. The SMILES string of the molecule is Cc1ccc(C(N)C2C3CCc4ccccc4C32)cc1C. The molecule has 4 rings (SSSR count). The first kappa shape index (κ1) is 13.1. The van der Waals surface area contributed by atoms with E-state index < -0.39 is 0 Å². The molecule has 0 amide bonds. The maximum atomic E-state index is 6.64.